The van der Waals surface area contributed by atoms with Crippen LogP contribution in [0.5, 0.6) is 0 Å². The molecule has 1 heterocycles. The molecule has 104 valence electrons. The molecule has 4 nitrogen and oxygen atoms in total. The van der Waals surface area contributed by atoms with Crippen molar-refractivity contribution in [3.05, 3.63) is 63.4 Å². The van der Waals surface area contributed by atoms with Crippen molar-refractivity contribution in [2.75, 3.05) is 0 Å². The first-order valence-corrected chi connectivity index (χ1v) is 6.63. The molecule has 1 aromatic heterocycles. The molecule has 2 rings (SSSR count). The molecule has 0 unspecified atom stereocenters. The second-order valence-corrected chi connectivity index (χ2v) is 4.94. The van der Waals surface area contributed by atoms with E-state index in [2.05, 4.69) is 10.3 Å². The number of aliphatic hydroxyl groups excluding tert-OH is 1. The topological polar surface area (TPSA) is 62.2 Å². The van der Waals surface area contributed by atoms with Crippen molar-refractivity contribution in [3.63, 3.8) is 0 Å². The average molecular weight is 311 g/mol. The Bertz CT molecular complexity index is 615. The number of nitrogens with one attached hydrogen (secondary N) is 1. The van der Waals surface area contributed by atoms with Crippen molar-refractivity contribution < 1.29 is 9.90 Å². The molecule has 0 atom stereocenters. The van der Waals surface area contributed by atoms with Gasteiger partial charge in [-0.25, -0.2) is 4.98 Å². The van der Waals surface area contributed by atoms with E-state index in [0.717, 1.165) is 11.1 Å². The minimum Gasteiger partial charge on any atom is -0.392 e. The zero-order valence-electron chi connectivity index (χ0n) is 10.4. The minimum atomic E-state index is -0.314. The lowest BCUT2D eigenvalue weighted by molar-refractivity contribution is 0.0951. The van der Waals surface area contributed by atoms with Crippen LogP contribution in [0.1, 0.15) is 21.5 Å². The van der Waals surface area contributed by atoms with Gasteiger partial charge in [-0.15, -0.1) is 0 Å². The van der Waals surface area contributed by atoms with Crippen LogP contribution in [0, 0.1) is 0 Å². The molecule has 0 radical (unpaired) electrons. The Kier molecular flexibility index (Phi) is 4.95. The highest BCUT2D eigenvalue weighted by Crippen LogP contribution is 2.18. The van der Waals surface area contributed by atoms with Crippen molar-refractivity contribution in [2.45, 2.75) is 13.2 Å². The quantitative estimate of drug-likeness (QED) is 0.854. The molecule has 0 aliphatic heterocycles. The maximum absolute atomic E-state index is 12.0. The van der Waals surface area contributed by atoms with Crippen LogP contribution in [0.3, 0.4) is 0 Å². The van der Waals surface area contributed by atoms with Crippen molar-refractivity contribution in [1.29, 1.82) is 0 Å². The second-order valence-electron chi connectivity index (χ2n) is 4.14. The van der Waals surface area contributed by atoms with Gasteiger partial charge < -0.3 is 10.4 Å². The summed E-state index contributed by atoms with van der Waals surface area (Å²) in [6.07, 6.45) is 1.34. The van der Waals surface area contributed by atoms with E-state index in [-0.39, 0.29) is 22.7 Å². The molecular formula is C14H12Cl2N2O2. The highest BCUT2D eigenvalue weighted by Gasteiger charge is 2.11. The van der Waals surface area contributed by atoms with E-state index in [9.17, 15) is 4.79 Å². The number of hydrogen-bond acceptors (Lipinski definition) is 3. The highest BCUT2D eigenvalue weighted by atomic mass is 35.5. The van der Waals surface area contributed by atoms with E-state index in [4.69, 9.17) is 28.3 Å². The molecule has 2 aromatic rings. The average Bonchev–Trinajstić information content (AvgIpc) is 2.47. The first kappa shape index (κ1) is 14.8. The smallest absolute Gasteiger partial charge is 0.253 e. The number of carbonyl (C=O) groups is 1. The van der Waals surface area contributed by atoms with E-state index >= 15 is 0 Å². The fourth-order valence-electron chi connectivity index (χ4n) is 1.63. The summed E-state index contributed by atoms with van der Waals surface area (Å²) in [4.78, 5) is 15.8. The Morgan fingerprint density at radius 1 is 1.20 bits per heavy atom. The van der Waals surface area contributed by atoms with Gasteiger partial charge in [0.1, 0.15) is 5.15 Å². The zero-order chi connectivity index (χ0) is 14.5. The molecule has 1 aromatic carbocycles. The Labute approximate surface area is 126 Å². The summed E-state index contributed by atoms with van der Waals surface area (Å²) in [5, 5.41) is 12.2. The van der Waals surface area contributed by atoms with Gasteiger partial charge in [0.05, 0.1) is 17.2 Å². The number of amides is 1. The number of benzene rings is 1. The highest BCUT2D eigenvalue weighted by molar-refractivity contribution is 6.35. The lowest BCUT2D eigenvalue weighted by Gasteiger charge is -2.07. The first-order valence-electron chi connectivity index (χ1n) is 5.88. The van der Waals surface area contributed by atoms with Gasteiger partial charge in [0.15, 0.2) is 0 Å². The Balaban J connectivity index is 2.02. The largest absolute Gasteiger partial charge is 0.392 e. The summed E-state index contributed by atoms with van der Waals surface area (Å²) in [6, 6.07) is 8.71. The maximum Gasteiger partial charge on any atom is 0.253 e. The number of hydrogen-bond donors (Lipinski definition) is 2. The number of halogens is 2. The molecule has 20 heavy (non-hydrogen) atoms. The summed E-state index contributed by atoms with van der Waals surface area (Å²) < 4.78 is 0. The summed E-state index contributed by atoms with van der Waals surface area (Å²) in [5.41, 5.74) is 2.04. The van der Waals surface area contributed by atoms with Gasteiger partial charge >= 0.3 is 0 Å². The molecular weight excluding hydrogens is 299 g/mol. The zero-order valence-corrected chi connectivity index (χ0v) is 11.9. The van der Waals surface area contributed by atoms with Crippen molar-refractivity contribution in [2.24, 2.45) is 0 Å². The summed E-state index contributed by atoms with van der Waals surface area (Å²) >= 11 is 11.6. The first-order chi connectivity index (χ1) is 9.60. The number of carbonyl (C=O) groups excluding carboxylic acids is 1. The molecule has 0 aliphatic rings. The fraction of sp³-hybridized carbons (Fsp3) is 0.143. The van der Waals surface area contributed by atoms with Crippen LogP contribution in [-0.4, -0.2) is 16.0 Å². The predicted molar refractivity (Wildman–Crippen MR) is 77.8 cm³/mol. The molecule has 0 saturated carbocycles. The SMILES string of the molecule is O=C(NCc1ccc(CO)cc1)c1cc(Cl)ncc1Cl. The van der Waals surface area contributed by atoms with Gasteiger partial charge in [-0.3, -0.25) is 4.79 Å². The number of aliphatic hydroxyl groups is 1. The lowest BCUT2D eigenvalue weighted by atomic mass is 10.1. The molecule has 1 amide bonds. The standard InChI is InChI=1S/C14H12Cl2N2O2/c15-12-7-17-13(16)5-11(12)14(20)18-6-9-1-3-10(8-19)4-2-9/h1-5,7,19H,6,8H2,(H,18,20). The lowest BCUT2D eigenvalue weighted by Crippen LogP contribution is -2.23. The van der Waals surface area contributed by atoms with Crippen molar-refractivity contribution in [1.82, 2.24) is 10.3 Å². The summed E-state index contributed by atoms with van der Waals surface area (Å²) in [5.74, 6) is -0.314. The van der Waals surface area contributed by atoms with Gasteiger partial charge in [-0.1, -0.05) is 47.5 Å². The van der Waals surface area contributed by atoms with E-state index in [1.54, 1.807) is 12.1 Å². The van der Waals surface area contributed by atoms with Crippen molar-refractivity contribution >= 4 is 29.1 Å². The number of aromatic nitrogens is 1. The third kappa shape index (κ3) is 3.70. The predicted octanol–water partition coefficient (Wildman–Crippen LogP) is 2.81. The van der Waals surface area contributed by atoms with Crippen LogP contribution in [0.4, 0.5) is 0 Å². The minimum absolute atomic E-state index is 0.00222. The van der Waals surface area contributed by atoms with E-state index < -0.39 is 0 Å². The van der Waals surface area contributed by atoms with Crippen LogP contribution < -0.4 is 5.32 Å². The molecule has 0 fully saturated rings. The number of nitrogens with zero attached hydrogens (tertiary/aromatic N) is 1. The van der Waals surface area contributed by atoms with E-state index in [0.29, 0.717) is 12.1 Å². The van der Waals surface area contributed by atoms with Gasteiger partial charge in [0.2, 0.25) is 0 Å². The third-order valence-corrected chi connectivity index (χ3v) is 3.23. The molecule has 0 spiro atoms. The summed E-state index contributed by atoms with van der Waals surface area (Å²) in [7, 11) is 0. The van der Waals surface area contributed by atoms with Crippen LogP contribution in [-0.2, 0) is 13.2 Å². The van der Waals surface area contributed by atoms with Gasteiger partial charge in [0, 0.05) is 12.7 Å². The Morgan fingerprint density at radius 2 is 1.85 bits per heavy atom. The molecule has 2 N–H and O–H groups in total. The Hall–Kier alpha value is -1.62. The van der Waals surface area contributed by atoms with Crippen LogP contribution >= 0.6 is 23.2 Å². The fourth-order valence-corrected chi connectivity index (χ4v) is 1.97. The van der Waals surface area contributed by atoms with Crippen molar-refractivity contribution in [3.8, 4) is 0 Å². The van der Waals surface area contributed by atoms with Crippen LogP contribution in [0.2, 0.25) is 10.2 Å². The third-order valence-electron chi connectivity index (χ3n) is 2.73. The van der Waals surface area contributed by atoms with Crippen LogP contribution in [0.25, 0.3) is 0 Å². The molecule has 0 aliphatic carbocycles. The van der Waals surface area contributed by atoms with E-state index in [1.165, 1.54) is 12.3 Å². The molecule has 0 bridgehead atoms. The monoisotopic (exact) mass is 310 g/mol. The summed E-state index contributed by atoms with van der Waals surface area (Å²) in [6.45, 7) is 0.360. The normalized spacial score (nSPS) is 10.3. The Morgan fingerprint density at radius 3 is 2.50 bits per heavy atom. The number of rotatable bonds is 4. The van der Waals surface area contributed by atoms with Gasteiger partial charge in [-0.05, 0) is 17.2 Å². The molecule has 0 saturated heterocycles. The second kappa shape index (κ2) is 6.70. The molecule has 6 heteroatoms. The van der Waals surface area contributed by atoms with Gasteiger partial charge in [-0.2, -0.15) is 0 Å². The van der Waals surface area contributed by atoms with E-state index in [1.807, 2.05) is 12.1 Å². The maximum atomic E-state index is 12.0. The number of pyridine rings is 1. The van der Waals surface area contributed by atoms with Gasteiger partial charge in [0.25, 0.3) is 5.91 Å². The van der Waals surface area contributed by atoms with Crippen LogP contribution in [0.15, 0.2) is 36.5 Å².